The van der Waals surface area contributed by atoms with Crippen molar-refractivity contribution in [3.8, 4) is 22.8 Å². The summed E-state index contributed by atoms with van der Waals surface area (Å²) < 4.78 is 18.6. The van der Waals surface area contributed by atoms with Gasteiger partial charge in [0, 0.05) is 28.2 Å². The number of nitrogens with zero attached hydrogens (tertiary/aromatic N) is 1. The van der Waals surface area contributed by atoms with Crippen LogP contribution in [0.5, 0.6) is 11.5 Å². The van der Waals surface area contributed by atoms with Crippen LogP contribution in [-0.2, 0) is 11.2 Å². The molecular formula is C23H24BrN3O4. The van der Waals surface area contributed by atoms with E-state index in [0.29, 0.717) is 17.3 Å². The van der Waals surface area contributed by atoms with Crippen molar-refractivity contribution >= 4 is 44.1 Å². The molecular weight excluding hydrogens is 462 g/mol. The number of rotatable bonds is 7. The maximum absolute atomic E-state index is 12.9. The third-order valence-corrected chi connectivity index (χ3v) is 5.81. The molecule has 8 heteroatoms. The number of benzene rings is 2. The van der Waals surface area contributed by atoms with E-state index >= 15 is 0 Å². The highest BCUT2D eigenvalue weighted by Crippen LogP contribution is 2.47. The van der Waals surface area contributed by atoms with Gasteiger partial charge in [-0.2, -0.15) is 0 Å². The number of hydrogen-bond donors (Lipinski definition) is 2. The van der Waals surface area contributed by atoms with Crippen LogP contribution in [0.15, 0.2) is 40.9 Å². The van der Waals surface area contributed by atoms with Crippen LogP contribution in [0.25, 0.3) is 22.0 Å². The van der Waals surface area contributed by atoms with Crippen molar-refractivity contribution in [2.24, 2.45) is 0 Å². The quantitative estimate of drug-likeness (QED) is 0.364. The van der Waals surface area contributed by atoms with E-state index in [4.69, 9.17) is 14.2 Å². The predicted molar refractivity (Wildman–Crippen MR) is 125 cm³/mol. The van der Waals surface area contributed by atoms with Gasteiger partial charge in [-0.3, -0.25) is 9.89 Å². The van der Waals surface area contributed by atoms with Gasteiger partial charge in [-0.05, 0) is 47.7 Å². The second-order valence-corrected chi connectivity index (χ2v) is 8.01. The van der Waals surface area contributed by atoms with Crippen molar-refractivity contribution in [3.63, 3.8) is 0 Å². The lowest BCUT2D eigenvalue weighted by Gasteiger charge is -2.12. The molecule has 0 saturated heterocycles. The Morgan fingerprint density at radius 2 is 1.81 bits per heavy atom. The van der Waals surface area contributed by atoms with Crippen molar-refractivity contribution in [1.82, 2.24) is 9.78 Å². The smallest absolute Gasteiger partial charge is 0.272 e. The van der Waals surface area contributed by atoms with E-state index in [2.05, 4.69) is 33.3 Å². The Balaban J connectivity index is 2.00. The summed E-state index contributed by atoms with van der Waals surface area (Å²) >= 11 is 3.51. The first kappa shape index (κ1) is 21.3. The molecule has 31 heavy (non-hydrogen) atoms. The van der Waals surface area contributed by atoms with Gasteiger partial charge in [-0.1, -0.05) is 28.9 Å². The SMILES string of the molecule is CCc1c2c(Nc3cccc(Br)c3)n(C(=O)COC)[nH]c-2c2cc(OC)c(OC)cc12. The van der Waals surface area contributed by atoms with Gasteiger partial charge >= 0.3 is 0 Å². The van der Waals surface area contributed by atoms with Gasteiger partial charge in [0.1, 0.15) is 12.4 Å². The monoisotopic (exact) mass is 485 g/mol. The second-order valence-electron chi connectivity index (χ2n) is 7.09. The molecule has 4 rings (SSSR count). The Morgan fingerprint density at radius 3 is 2.42 bits per heavy atom. The van der Waals surface area contributed by atoms with Gasteiger partial charge < -0.3 is 19.5 Å². The average molecular weight is 486 g/mol. The van der Waals surface area contributed by atoms with Gasteiger partial charge in [0.25, 0.3) is 5.91 Å². The van der Waals surface area contributed by atoms with E-state index in [1.807, 2.05) is 36.4 Å². The van der Waals surface area contributed by atoms with Crippen LogP contribution < -0.4 is 14.8 Å². The Bertz CT molecular complexity index is 1230. The number of ether oxygens (including phenoxy) is 3. The molecule has 7 nitrogen and oxygen atoms in total. The Morgan fingerprint density at radius 1 is 1.10 bits per heavy atom. The molecule has 0 saturated carbocycles. The number of aromatic nitrogens is 2. The molecule has 1 aliphatic heterocycles. The molecule has 0 atom stereocenters. The number of halogens is 1. The fourth-order valence-corrected chi connectivity index (χ4v) is 4.38. The molecule has 0 spiro atoms. The molecule has 0 unspecified atom stereocenters. The zero-order chi connectivity index (χ0) is 22.1. The molecule has 2 aromatic carbocycles. The van der Waals surface area contributed by atoms with Gasteiger partial charge in [0.2, 0.25) is 0 Å². The number of methoxy groups -OCH3 is 3. The molecule has 1 aliphatic carbocycles. The van der Waals surface area contributed by atoms with Crippen LogP contribution in [0.1, 0.15) is 17.3 Å². The maximum atomic E-state index is 12.9. The van der Waals surface area contributed by atoms with Crippen LogP contribution in [0.4, 0.5) is 11.5 Å². The normalized spacial score (nSPS) is 11.3. The van der Waals surface area contributed by atoms with Crippen LogP contribution in [0.3, 0.4) is 0 Å². The maximum Gasteiger partial charge on any atom is 0.272 e. The number of carbonyl (C=O) groups excluding carboxylic acids is 1. The number of carbonyl (C=O) groups is 1. The molecule has 1 heterocycles. The van der Waals surface area contributed by atoms with Crippen LogP contribution in [0.2, 0.25) is 0 Å². The third-order valence-electron chi connectivity index (χ3n) is 5.31. The van der Waals surface area contributed by atoms with Crippen molar-refractivity contribution < 1.29 is 19.0 Å². The highest BCUT2D eigenvalue weighted by Gasteiger charge is 2.28. The molecule has 0 amide bonds. The largest absolute Gasteiger partial charge is 0.493 e. The Kier molecular flexibility index (Phi) is 5.93. The van der Waals surface area contributed by atoms with Crippen molar-refractivity contribution in [2.45, 2.75) is 13.3 Å². The summed E-state index contributed by atoms with van der Waals surface area (Å²) in [6, 6.07) is 11.7. The van der Waals surface area contributed by atoms with Crippen molar-refractivity contribution in [3.05, 3.63) is 46.4 Å². The van der Waals surface area contributed by atoms with Gasteiger partial charge in [-0.25, -0.2) is 4.68 Å². The summed E-state index contributed by atoms with van der Waals surface area (Å²) in [7, 11) is 4.75. The number of hydrogen-bond acceptors (Lipinski definition) is 5. The number of aryl methyl sites for hydroxylation is 1. The van der Waals surface area contributed by atoms with Gasteiger partial charge in [0.05, 0.1) is 19.9 Å². The summed E-state index contributed by atoms with van der Waals surface area (Å²) in [5, 5.41) is 8.74. The zero-order valence-electron chi connectivity index (χ0n) is 17.8. The molecule has 0 bridgehead atoms. The highest BCUT2D eigenvalue weighted by molar-refractivity contribution is 9.10. The minimum Gasteiger partial charge on any atom is -0.493 e. The minimum absolute atomic E-state index is 0.0442. The lowest BCUT2D eigenvalue weighted by atomic mass is 10.1. The van der Waals surface area contributed by atoms with Crippen LogP contribution >= 0.6 is 15.9 Å². The average Bonchev–Trinajstić information content (AvgIpc) is 3.27. The fourth-order valence-electron chi connectivity index (χ4n) is 3.98. The van der Waals surface area contributed by atoms with Crippen molar-refractivity contribution in [1.29, 1.82) is 0 Å². The first-order chi connectivity index (χ1) is 15.0. The van der Waals surface area contributed by atoms with E-state index in [0.717, 1.165) is 44.2 Å². The van der Waals surface area contributed by atoms with E-state index in [1.54, 1.807) is 14.2 Å². The Hall–Kier alpha value is -2.97. The third kappa shape index (κ3) is 3.66. The predicted octanol–water partition coefficient (Wildman–Crippen LogP) is 5.45. The van der Waals surface area contributed by atoms with Crippen LogP contribution in [-0.4, -0.2) is 43.6 Å². The van der Waals surface area contributed by atoms with Gasteiger partial charge in [0.15, 0.2) is 11.5 Å². The summed E-state index contributed by atoms with van der Waals surface area (Å²) in [6.45, 7) is 2.06. The molecule has 2 aliphatic rings. The summed E-state index contributed by atoms with van der Waals surface area (Å²) in [5.41, 5.74) is 3.78. The van der Waals surface area contributed by atoms with Gasteiger partial charge in [-0.15, -0.1) is 0 Å². The number of anilines is 2. The van der Waals surface area contributed by atoms with Crippen LogP contribution in [0, 0.1) is 0 Å². The van der Waals surface area contributed by atoms with E-state index in [1.165, 1.54) is 11.8 Å². The number of H-pyrrole nitrogens is 1. The Labute approximate surface area is 188 Å². The summed E-state index contributed by atoms with van der Waals surface area (Å²) in [5.74, 6) is 1.77. The van der Waals surface area contributed by atoms with E-state index in [-0.39, 0.29) is 12.5 Å². The fraction of sp³-hybridized carbons (Fsp3) is 0.261. The topological polar surface area (TPSA) is 77.5 Å². The highest BCUT2D eigenvalue weighted by atomic mass is 79.9. The minimum atomic E-state index is -0.202. The standard InChI is InChI=1S/C23H24BrN3O4/c1-5-15-16-10-18(30-3)19(31-4)11-17(16)22-21(15)23(27(26-22)20(28)12-29-2)25-14-8-6-7-13(24)9-14/h6-11,25-26H,5,12H2,1-4H3. The number of nitrogens with one attached hydrogen (secondary N) is 2. The first-order valence-corrected chi connectivity index (χ1v) is 10.7. The van der Waals surface area contributed by atoms with Crippen molar-refractivity contribution in [2.75, 3.05) is 33.3 Å². The first-order valence-electron chi connectivity index (χ1n) is 9.88. The summed E-state index contributed by atoms with van der Waals surface area (Å²) in [6.07, 6.45) is 0.777. The molecule has 2 aromatic rings. The lowest BCUT2D eigenvalue weighted by molar-refractivity contribution is 0.0749. The lowest BCUT2D eigenvalue weighted by Crippen LogP contribution is -2.19. The molecule has 162 valence electrons. The number of aromatic amines is 1. The molecule has 0 radical (unpaired) electrons. The van der Waals surface area contributed by atoms with E-state index in [9.17, 15) is 4.79 Å². The number of fused-ring (bicyclic) bond motifs is 3. The molecule has 0 aromatic heterocycles. The zero-order valence-corrected chi connectivity index (χ0v) is 19.4. The molecule has 2 N–H and O–H groups in total. The second kappa shape index (κ2) is 8.64. The van der Waals surface area contributed by atoms with E-state index < -0.39 is 0 Å². The molecule has 0 fully saturated rings. The summed E-state index contributed by atoms with van der Waals surface area (Å²) in [4.78, 5) is 12.9.